The Morgan fingerprint density at radius 2 is 1.84 bits per heavy atom. The van der Waals surface area contributed by atoms with Crippen LogP contribution in [0.3, 0.4) is 0 Å². The van der Waals surface area contributed by atoms with Crippen LogP contribution < -0.4 is 0 Å². The molecule has 1 atom stereocenters. The van der Waals surface area contributed by atoms with Crippen molar-refractivity contribution in [2.45, 2.75) is 44.9 Å². The molecular weight excluding hydrogens is 323 g/mol. The average Bonchev–Trinajstić information content (AvgIpc) is 2.39. The van der Waals surface area contributed by atoms with Crippen LogP contribution in [0.1, 0.15) is 40.0 Å². The summed E-state index contributed by atoms with van der Waals surface area (Å²) < 4.78 is 0. The zero-order valence-corrected chi connectivity index (χ0v) is 14.5. The van der Waals surface area contributed by atoms with Crippen LogP contribution in [0.5, 0.6) is 5.75 Å². The van der Waals surface area contributed by atoms with Gasteiger partial charge in [0.15, 0.2) is 5.75 Å². The van der Waals surface area contributed by atoms with E-state index in [2.05, 4.69) is 20.8 Å². The van der Waals surface area contributed by atoms with E-state index in [1.807, 2.05) is 0 Å². The Hall–Kier alpha value is 0.240. The summed E-state index contributed by atoms with van der Waals surface area (Å²) in [7, 11) is 0. The second kappa shape index (κ2) is 7.31. The summed E-state index contributed by atoms with van der Waals surface area (Å²) in [6.45, 7) is 6.68. The Bertz CT molecular complexity index is 451. The molecule has 0 radical (unpaired) electrons. The first-order chi connectivity index (χ1) is 8.84. The Kier molecular flexibility index (Phi) is 6.65. The van der Waals surface area contributed by atoms with E-state index < -0.39 is 0 Å². The first-order valence-electron chi connectivity index (χ1n) is 6.34. The quantitative estimate of drug-likeness (QED) is 0.461. The van der Waals surface area contributed by atoms with Gasteiger partial charge in [-0.25, -0.2) is 0 Å². The maximum atomic E-state index is 9.61. The van der Waals surface area contributed by atoms with Crippen molar-refractivity contribution >= 4 is 46.6 Å². The highest BCUT2D eigenvalue weighted by atomic mass is 35.5. The number of benzene rings is 1. The van der Waals surface area contributed by atoms with Crippen molar-refractivity contribution in [1.29, 1.82) is 0 Å². The molecule has 1 rings (SSSR count). The van der Waals surface area contributed by atoms with Crippen LogP contribution in [0, 0.1) is 5.41 Å². The topological polar surface area (TPSA) is 20.2 Å². The SMILES string of the molecule is CCCC(C)(CC)CSc1cc(Cl)c(O)c(Cl)c1Cl. The van der Waals surface area contributed by atoms with Crippen LogP contribution in [0.2, 0.25) is 15.1 Å². The molecule has 0 fully saturated rings. The van der Waals surface area contributed by atoms with E-state index in [0.717, 1.165) is 23.5 Å². The smallest absolute Gasteiger partial charge is 0.154 e. The molecule has 1 nitrogen and oxygen atoms in total. The van der Waals surface area contributed by atoms with E-state index in [1.54, 1.807) is 17.8 Å². The van der Waals surface area contributed by atoms with Gasteiger partial charge in [0.25, 0.3) is 0 Å². The zero-order chi connectivity index (χ0) is 14.6. The van der Waals surface area contributed by atoms with Crippen LogP contribution in [0.15, 0.2) is 11.0 Å². The van der Waals surface area contributed by atoms with Crippen LogP contribution in [-0.4, -0.2) is 10.9 Å². The number of aromatic hydroxyl groups is 1. The second-order valence-electron chi connectivity index (χ2n) is 5.04. The van der Waals surface area contributed by atoms with E-state index >= 15 is 0 Å². The fourth-order valence-corrected chi connectivity index (χ4v) is 4.04. The fourth-order valence-electron chi connectivity index (χ4n) is 1.88. The Morgan fingerprint density at radius 1 is 1.21 bits per heavy atom. The van der Waals surface area contributed by atoms with Crippen molar-refractivity contribution in [2.24, 2.45) is 5.41 Å². The monoisotopic (exact) mass is 340 g/mol. The lowest BCUT2D eigenvalue weighted by molar-refractivity contribution is 0.327. The van der Waals surface area contributed by atoms with Gasteiger partial charge in [0.1, 0.15) is 5.02 Å². The zero-order valence-electron chi connectivity index (χ0n) is 11.4. The highest BCUT2D eigenvalue weighted by Gasteiger charge is 2.23. The minimum absolute atomic E-state index is 0.130. The number of rotatable bonds is 6. The van der Waals surface area contributed by atoms with Crippen molar-refractivity contribution < 1.29 is 5.11 Å². The van der Waals surface area contributed by atoms with Crippen molar-refractivity contribution in [3.8, 4) is 5.75 Å². The predicted octanol–water partition coefficient (Wildman–Crippen LogP) is 6.66. The maximum Gasteiger partial charge on any atom is 0.154 e. The van der Waals surface area contributed by atoms with Gasteiger partial charge in [-0.15, -0.1) is 11.8 Å². The van der Waals surface area contributed by atoms with Crippen molar-refractivity contribution in [3.05, 3.63) is 21.1 Å². The third kappa shape index (κ3) is 4.35. The fraction of sp³-hybridized carbons (Fsp3) is 0.571. The van der Waals surface area contributed by atoms with Crippen LogP contribution in [0.4, 0.5) is 0 Å². The van der Waals surface area contributed by atoms with Gasteiger partial charge in [0.05, 0.1) is 10.0 Å². The maximum absolute atomic E-state index is 9.61. The first kappa shape index (κ1) is 17.3. The van der Waals surface area contributed by atoms with Gasteiger partial charge < -0.3 is 5.11 Å². The van der Waals surface area contributed by atoms with Crippen LogP contribution >= 0.6 is 46.6 Å². The lowest BCUT2D eigenvalue weighted by Gasteiger charge is -2.27. The summed E-state index contributed by atoms with van der Waals surface area (Å²) in [5, 5.41) is 10.4. The number of phenols is 1. The minimum atomic E-state index is -0.149. The number of hydrogen-bond acceptors (Lipinski definition) is 2. The summed E-state index contributed by atoms with van der Waals surface area (Å²) >= 11 is 19.7. The molecule has 5 heteroatoms. The predicted molar refractivity (Wildman–Crippen MR) is 87.2 cm³/mol. The molecule has 0 aliphatic carbocycles. The summed E-state index contributed by atoms with van der Waals surface area (Å²) in [6, 6.07) is 1.68. The molecule has 1 N–H and O–H groups in total. The standard InChI is InChI=1S/C14H19Cl3OS/c1-4-6-14(3,5-2)8-19-10-7-9(15)13(18)12(17)11(10)16/h7,18H,4-6,8H2,1-3H3. The van der Waals surface area contributed by atoms with Crippen molar-refractivity contribution in [3.63, 3.8) is 0 Å². The van der Waals surface area contributed by atoms with Gasteiger partial charge in [-0.1, -0.05) is 62.0 Å². The molecule has 0 bridgehead atoms. The van der Waals surface area contributed by atoms with Crippen LogP contribution in [-0.2, 0) is 0 Å². The van der Waals surface area contributed by atoms with Crippen LogP contribution in [0.25, 0.3) is 0 Å². The highest BCUT2D eigenvalue weighted by Crippen LogP contribution is 2.45. The van der Waals surface area contributed by atoms with Gasteiger partial charge >= 0.3 is 0 Å². The lowest BCUT2D eigenvalue weighted by atomic mass is 9.85. The molecule has 1 unspecified atom stereocenters. The molecular formula is C14H19Cl3OS. The molecule has 1 aromatic rings. The summed E-state index contributed by atoms with van der Waals surface area (Å²) in [5.74, 6) is 0.804. The molecule has 0 heterocycles. The van der Waals surface area contributed by atoms with Crippen molar-refractivity contribution in [2.75, 3.05) is 5.75 Å². The van der Waals surface area contributed by atoms with Crippen molar-refractivity contribution in [1.82, 2.24) is 0 Å². The molecule has 0 aromatic heterocycles. The lowest BCUT2D eigenvalue weighted by Crippen LogP contribution is -2.18. The van der Waals surface area contributed by atoms with E-state index in [4.69, 9.17) is 34.8 Å². The Labute approximate surface area is 134 Å². The van der Waals surface area contributed by atoms with E-state index in [1.165, 1.54) is 6.42 Å². The number of hydrogen-bond donors (Lipinski definition) is 1. The molecule has 0 aliphatic heterocycles. The summed E-state index contributed by atoms with van der Waals surface area (Å²) in [5.41, 5.74) is 0.277. The van der Waals surface area contributed by atoms with E-state index in [0.29, 0.717) is 5.02 Å². The van der Waals surface area contributed by atoms with E-state index in [9.17, 15) is 5.11 Å². The Morgan fingerprint density at radius 3 is 2.37 bits per heavy atom. The van der Waals surface area contributed by atoms with E-state index in [-0.39, 0.29) is 21.2 Å². The van der Waals surface area contributed by atoms with Gasteiger partial charge in [-0.05, 0) is 24.3 Å². The molecule has 1 aromatic carbocycles. The summed E-state index contributed by atoms with van der Waals surface area (Å²) in [4.78, 5) is 0.824. The molecule has 0 spiro atoms. The molecule has 0 saturated carbocycles. The summed E-state index contributed by atoms with van der Waals surface area (Å²) in [6.07, 6.45) is 3.45. The number of phenolic OH excluding ortho intramolecular Hbond substituents is 1. The number of halogens is 3. The largest absolute Gasteiger partial charge is 0.505 e. The van der Waals surface area contributed by atoms with Gasteiger partial charge in [0.2, 0.25) is 0 Å². The van der Waals surface area contributed by atoms with Gasteiger partial charge in [-0.3, -0.25) is 0 Å². The third-order valence-corrected chi connectivity index (χ3v) is 6.12. The van der Waals surface area contributed by atoms with Gasteiger partial charge in [-0.2, -0.15) is 0 Å². The first-order valence-corrected chi connectivity index (χ1v) is 8.46. The minimum Gasteiger partial charge on any atom is -0.505 e. The van der Waals surface area contributed by atoms with Gasteiger partial charge in [0, 0.05) is 10.6 Å². The average molecular weight is 342 g/mol. The Balaban J connectivity index is 2.89. The molecule has 19 heavy (non-hydrogen) atoms. The second-order valence-corrected chi connectivity index (χ2v) is 7.22. The highest BCUT2D eigenvalue weighted by molar-refractivity contribution is 7.99. The normalized spacial score (nSPS) is 14.4. The molecule has 0 aliphatic rings. The molecule has 108 valence electrons. The molecule has 0 saturated heterocycles. The molecule has 0 amide bonds. The number of thioether (sulfide) groups is 1. The third-order valence-electron chi connectivity index (χ3n) is 3.38.